The highest BCUT2D eigenvalue weighted by Crippen LogP contribution is 2.35. The number of aromatic amines is 6. The zero-order valence-corrected chi connectivity index (χ0v) is 28.1. The van der Waals surface area contributed by atoms with E-state index in [1.807, 2.05) is 61.1 Å². The van der Waals surface area contributed by atoms with Crippen LogP contribution >= 0.6 is 0 Å². The van der Waals surface area contributed by atoms with Crippen LogP contribution in [-0.2, 0) is 0 Å². The third-order valence-corrected chi connectivity index (χ3v) is 9.79. The van der Waals surface area contributed by atoms with Crippen molar-refractivity contribution in [1.29, 1.82) is 0 Å². The molecule has 6 N–H and O–H groups in total. The van der Waals surface area contributed by atoms with Gasteiger partial charge in [-0.15, -0.1) is 0 Å². The molecule has 252 valence electrons. The Hall–Kier alpha value is -7.27. The maximum Gasteiger partial charge on any atom is 0.145 e. The van der Waals surface area contributed by atoms with Crippen molar-refractivity contribution in [3.05, 3.63) is 116 Å². The monoisotopic (exact) mass is 681 g/mol. The number of fused-ring (bicyclic) bond motifs is 15. The molecule has 0 radical (unpaired) electrons. The average molecular weight is 682 g/mol. The number of ether oxygens (including phenoxy) is 2. The summed E-state index contributed by atoms with van der Waals surface area (Å²) in [6.45, 7) is 0. The molecule has 0 amide bonds. The first-order valence-corrected chi connectivity index (χ1v) is 16.8. The fraction of sp³-hybridized carbons (Fsp3) is 0.0488. The van der Waals surface area contributed by atoms with Gasteiger partial charge in [0.05, 0.1) is 58.4 Å². The van der Waals surface area contributed by atoms with Gasteiger partial charge in [0.1, 0.15) is 17.0 Å². The van der Waals surface area contributed by atoms with E-state index < -0.39 is 0 Å². The predicted octanol–water partition coefficient (Wildman–Crippen LogP) is 9.61. The van der Waals surface area contributed by atoms with E-state index in [0.717, 1.165) is 98.9 Å². The second-order valence-electron chi connectivity index (χ2n) is 12.6. The molecule has 12 aromatic rings. The van der Waals surface area contributed by atoms with Gasteiger partial charge >= 0.3 is 0 Å². The summed E-state index contributed by atoms with van der Waals surface area (Å²) in [5.41, 5.74) is 9.14. The first kappa shape index (κ1) is 29.6. The molecule has 0 spiro atoms. The number of rotatable bonds is 2. The topological polar surface area (TPSA) is 152 Å². The molecule has 0 atom stereocenters. The van der Waals surface area contributed by atoms with Gasteiger partial charge in [0.15, 0.2) is 0 Å². The van der Waals surface area contributed by atoms with E-state index in [1.165, 1.54) is 10.8 Å². The minimum absolute atomic E-state index is 0.812. The van der Waals surface area contributed by atoms with Crippen LogP contribution in [0.1, 0.15) is 0 Å². The summed E-state index contributed by atoms with van der Waals surface area (Å²) in [6.07, 6.45) is 5.83. The van der Waals surface area contributed by atoms with Gasteiger partial charge in [-0.2, -0.15) is 0 Å². The van der Waals surface area contributed by atoms with Gasteiger partial charge in [-0.05, 0) is 30.3 Å². The highest BCUT2D eigenvalue weighted by Gasteiger charge is 2.13. The highest BCUT2D eigenvalue weighted by molar-refractivity contribution is 6.18. The molecular formula is C41H31N9O2. The molecule has 0 aliphatic rings. The van der Waals surface area contributed by atoms with Crippen LogP contribution in [-0.4, -0.2) is 59.8 Å². The molecule has 12 rings (SSSR count). The Kier molecular flexibility index (Phi) is 6.65. The highest BCUT2D eigenvalue weighted by atomic mass is 16.5. The Labute approximate surface area is 293 Å². The molecule has 0 unspecified atom stereocenters. The maximum absolute atomic E-state index is 5.37. The lowest BCUT2D eigenvalue weighted by molar-refractivity contribution is 0.415. The van der Waals surface area contributed by atoms with Gasteiger partial charge in [-0.25, -0.2) is 15.0 Å². The third-order valence-electron chi connectivity index (χ3n) is 9.79. The molecule has 0 fully saturated rings. The second-order valence-corrected chi connectivity index (χ2v) is 12.6. The van der Waals surface area contributed by atoms with Crippen molar-refractivity contribution < 1.29 is 9.47 Å². The molecule has 6 aromatic heterocycles. The second kappa shape index (κ2) is 11.7. The van der Waals surface area contributed by atoms with Gasteiger partial charge < -0.3 is 24.8 Å². The van der Waals surface area contributed by atoms with E-state index in [0.29, 0.717) is 0 Å². The van der Waals surface area contributed by atoms with E-state index in [1.54, 1.807) is 14.2 Å². The number of hydrogen-bond donors (Lipinski definition) is 6. The summed E-state index contributed by atoms with van der Waals surface area (Å²) in [5.74, 6) is 1.67. The van der Waals surface area contributed by atoms with Crippen LogP contribution in [0.4, 0.5) is 0 Å². The van der Waals surface area contributed by atoms with Gasteiger partial charge in [0.25, 0.3) is 0 Å². The number of methoxy groups -OCH3 is 2. The van der Waals surface area contributed by atoms with Crippen LogP contribution in [0.5, 0.6) is 11.5 Å². The largest absolute Gasteiger partial charge is 0.497 e. The number of nitrogens with one attached hydrogen (secondary N) is 6. The fourth-order valence-corrected chi connectivity index (χ4v) is 7.26. The summed E-state index contributed by atoms with van der Waals surface area (Å²) in [7, 11) is 3.35. The fourth-order valence-electron chi connectivity index (χ4n) is 7.26. The summed E-state index contributed by atoms with van der Waals surface area (Å²) in [6, 6.07) is 32.8. The van der Waals surface area contributed by atoms with E-state index in [9.17, 15) is 0 Å². The third kappa shape index (κ3) is 4.56. The molecule has 6 aromatic carbocycles. The number of hydrogen-bond acceptors (Lipinski definition) is 5. The Morgan fingerprint density at radius 3 is 1.56 bits per heavy atom. The van der Waals surface area contributed by atoms with E-state index in [4.69, 9.17) is 14.5 Å². The van der Waals surface area contributed by atoms with Crippen molar-refractivity contribution in [2.75, 3.05) is 14.2 Å². The van der Waals surface area contributed by atoms with Gasteiger partial charge in [-0.3, -0.25) is 15.3 Å². The zero-order chi connectivity index (χ0) is 34.8. The van der Waals surface area contributed by atoms with Crippen LogP contribution in [0.25, 0.3) is 98.1 Å². The van der Waals surface area contributed by atoms with Crippen molar-refractivity contribution in [3.63, 3.8) is 0 Å². The Balaban J connectivity index is 0.0000000978. The minimum atomic E-state index is 0.812. The molecule has 6 heterocycles. The Morgan fingerprint density at radius 2 is 0.942 bits per heavy atom. The summed E-state index contributed by atoms with van der Waals surface area (Å²) in [4.78, 5) is 14.1. The quantitative estimate of drug-likeness (QED) is 0.107. The van der Waals surface area contributed by atoms with E-state index in [2.05, 4.69) is 95.2 Å². The average Bonchev–Trinajstić information content (AvgIpc) is 4.04. The van der Waals surface area contributed by atoms with Crippen LogP contribution in [0.2, 0.25) is 0 Å². The van der Waals surface area contributed by atoms with Crippen molar-refractivity contribution >= 4 is 98.1 Å². The summed E-state index contributed by atoms with van der Waals surface area (Å²) >= 11 is 0. The first-order chi connectivity index (χ1) is 25.7. The lowest BCUT2D eigenvalue weighted by atomic mass is 10.1. The van der Waals surface area contributed by atoms with Crippen LogP contribution in [0.3, 0.4) is 0 Å². The number of para-hydroxylation sites is 2. The van der Waals surface area contributed by atoms with Crippen molar-refractivity contribution in [3.8, 4) is 11.5 Å². The molecule has 0 aliphatic heterocycles. The van der Waals surface area contributed by atoms with Crippen LogP contribution in [0, 0.1) is 0 Å². The van der Waals surface area contributed by atoms with Crippen molar-refractivity contribution in [2.45, 2.75) is 0 Å². The normalized spacial score (nSPS) is 11.7. The van der Waals surface area contributed by atoms with Crippen molar-refractivity contribution in [1.82, 2.24) is 45.5 Å². The lowest BCUT2D eigenvalue weighted by Crippen LogP contribution is -1.82. The van der Waals surface area contributed by atoms with Gasteiger partial charge in [0, 0.05) is 67.1 Å². The Bertz CT molecular complexity index is 3230. The lowest BCUT2D eigenvalue weighted by Gasteiger charge is -1.98. The number of benzene rings is 6. The van der Waals surface area contributed by atoms with E-state index in [-0.39, 0.29) is 0 Å². The van der Waals surface area contributed by atoms with Crippen molar-refractivity contribution in [2.24, 2.45) is 0 Å². The number of H-pyrrole nitrogens is 6. The molecule has 11 heteroatoms. The Morgan fingerprint density at radius 1 is 0.423 bits per heavy atom. The van der Waals surface area contributed by atoms with Crippen LogP contribution < -0.4 is 9.47 Å². The summed E-state index contributed by atoms with van der Waals surface area (Å²) < 4.78 is 10.6. The molecular weight excluding hydrogens is 651 g/mol. The first-order valence-electron chi connectivity index (χ1n) is 16.8. The molecule has 0 aliphatic carbocycles. The minimum Gasteiger partial charge on any atom is -0.497 e. The molecule has 0 saturated carbocycles. The SMILES string of the molecule is COc1ccc2nc3c(ccc4c[nH][nH]c43)c2c1.COc1cccc2c1nc1c2ccc2c[nH][nH]c21.c1ccc2c(c1)nc1c2ccc2c[nH][nH]c21. The smallest absolute Gasteiger partial charge is 0.145 e. The number of nitrogens with zero attached hydrogens (tertiary/aromatic N) is 3. The molecule has 0 saturated heterocycles. The molecule has 11 nitrogen and oxygen atoms in total. The molecule has 52 heavy (non-hydrogen) atoms. The van der Waals surface area contributed by atoms with E-state index >= 15 is 0 Å². The van der Waals surface area contributed by atoms with Gasteiger partial charge in [-0.1, -0.05) is 66.7 Å². The molecule has 0 bridgehead atoms. The zero-order valence-electron chi connectivity index (χ0n) is 28.1. The predicted molar refractivity (Wildman–Crippen MR) is 209 cm³/mol. The number of aromatic nitrogens is 9. The van der Waals surface area contributed by atoms with Gasteiger partial charge in [0.2, 0.25) is 0 Å². The maximum atomic E-state index is 5.37. The van der Waals surface area contributed by atoms with Crippen LogP contribution in [0.15, 0.2) is 116 Å². The summed E-state index contributed by atoms with van der Waals surface area (Å²) in [5, 5.41) is 28.8. The standard InChI is InChI=1S/2C14H11N3O.C13H9N3/c1-18-9-3-5-12-11(6-9)10-4-2-8-7-15-17-13(8)14(10)16-12;1-18-11-4-2-3-9-10-6-5-8-7-15-17-12(8)14(10)16-13(9)11;1-2-4-11-9(3-1)10-6-5-8-7-14-16-12(8)13(10)15-11/h2*2-7,15,17H,1H3;1-7,14,16H.